The molecule has 0 amide bonds. The molecule has 106 valence electrons. The molecule has 0 aliphatic carbocycles. The molecule has 1 heterocycles. The summed E-state index contributed by atoms with van der Waals surface area (Å²) in [6.07, 6.45) is 0.416. The minimum Gasteiger partial charge on any atom is -0.393 e. The van der Waals surface area contributed by atoms with E-state index in [1.54, 1.807) is 13.8 Å². The molecule has 1 fully saturated rings. The van der Waals surface area contributed by atoms with Crippen molar-refractivity contribution in [3.63, 3.8) is 0 Å². The van der Waals surface area contributed by atoms with Crippen LogP contribution < -0.4 is 0 Å². The number of benzene rings is 1. The predicted molar refractivity (Wildman–Crippen MR) is 69.7 cm³/mol. The van der Waals surface area contributed by atoms with Crippen LogP contribution in [-0.4, -0.2) is 36.5 Å². The number of hydrogen-bond donors (Lipinski definition) is 1. The Morgan fingerprint density at radius 2 is 2.11 bits per heavy atom. The van der Waals surface area contributed by atoms with Crippen molar-refractivity contribution in [3.05, 3.63) is 29.6 Å². The average molecular weight is 287 g/mol. The standard InChI is InChI=1S/C13H18FNO3S/c1-9-7-11(14)3-4-13(9)19(17,18)15-6-5-12(16)8-10(15)2/h3-4,7,10,12,16H,5-6,8H2,1-2H3/t10-,12-/m1/s1. The average Bonchev–Trinajstić information content (AvgIpc) is 2.27. The highest BCUT2D eigenvalue weighted by Gasteiger charge is 2.34. The molecule has 0 spiro atoms. The number of aliphatic hydroxyl groups is 1. The summed E-state index contributed by atoms with van der Waals surface area (Å²) in [6.45, 7) is 3.65. The first-order valence-corrected chi connectivity index (χ1v) is 7.72. The van der Waals surface area contributed by atoms with E-state index in [0.29, 0.717) is 24.9 Å². The Labute approximate surface area is 112 Å². The summed E-state index contributed by atoms with van der Waals surface area (Å²) in [5, 5.41) is 9.55. The maximum Gasteiger partial charge on any atom is 0.243 e. The molecule has 1 N–H and O–H groups in total. The zero-order chi connectivity index (χ0) is 14.2. The summed E-state index contributed by atoms with van der Waals surface area (Å²) in [5.74, 6) is -0.446. The summed E-state index contributed by atoms with van der Waals surface area (Å²) in [7, 11) is -3.63. The van der Waals surface area contributed by atoms with Crippen molar-refractivity contribution < 1.29 is 17.9 Å². The fourth-order valence-corrected chi connectivity index (χ4v) is 4.38. The first-order valence-electron chi connectivity index (χ1n) is 6.28. The lowest BCUT2D eigenvalue weighted by molar-refractivity contribution is 0.0867. The second-order valence-electron chi connectivity index (χ2n) is 5.05. The topological polar surface area (TPSA) is 57.6 Å². The summed E-state index contributed by atoms with van der Waals surface area (Å²) < 4.78 is 39.6. The molecule has 1 aliphatic rings. The lowest BCUT2D eigenvalue weighted by atomic mass is 10.0. The van der Waals surface area contributed by atoms with E-state index in [9.17, 15) is 17.9 Å². The van der Waals surface area contributed by atoms with Crippen LogP contribution in [0.2, 0.25) is 0 Å². The summed E-state index contributed by atoms with van der Waals surface area (Å²) in [4.78, 5) is 0.136. The molecule has 1 saturated heterocycles. The van der Waals surface area contributed by atoms with Gasteiger partial charge in [-0.15, -0.1) is 0 Å². The van der Waals surface area contributed by atoms with Crippen molar-refractivity contribution >= 4 is 10.0 Å². The fourth-order valence-electron chi connectivity index (χ4n) is 2.51. The molecular weight excluding hydrogens is 269 g/mol. The van der Waals surface area contributed by atoms with Crippen molar-refractivity contribution in [2.75, 3.05) is 6.54 Å². The number of piperidine rings is 1. The number of nitrogens with zero attached hydrogens (tertiary/aromatic N) is 1. The van der Waals surface area contributed by atoms with E-state index in [4.69, 9.17) is 0 Å². The predicted octanol–water partition coefficient (Wildman–Crippen LogP) is 1.67. The van der Waals surface area contributed by atoms with Gasteiger partial charge >= 0.3 is 0 Å². The van der Waals surface area contributed by atoms with Crippen molar-refractivity contribution in [1.82, 2.24) is 4.31 Å². The fraction of sp³-hybridized carbons (Fsp3) is 0.538. The Bertz CT molecular complexity index is 573. The quantitative estimate of drug-likeness (QED) is 0.900. The Kier molecular flexibility index (Phi) is 3.94. The molecule has 19 heavy (non-hydrogen) atoms. The highest BCUT2D eigenvalue weighted by molar-refractivity contribution is 7.89. The number of hydrogen-bond acceptors (Lipinski definition) is 3. The molecule has 0 bridgehead atoms. The molecule has 2 rings (SSSR count). The van der Waals surface area contributed by atoms with Gasteiger partial charge in [0.25, 0.3) is 0 Å². The lowest BCUT2D eigenvalue weighted by Crippen LogP contribution is -2.46. The maximum absolute atomic E-state index is 13.1. The monoisotopic (exact) mass is 287 g/mol. The van der Waals surface area contributed by atoms with Crippen LogP contribution in [0, 0.1) is 12.7 Å². The zero-order valence-electron chi connectivity index (χ0n) is 11.0. The van der Waals surface area contributed by atoms with E-state index < -0.39 is 21.9 Å². The Hall–Kier alpha value is -0.980. The molecule has 0 radical (unpaired) electrons. The molecule has 4 nitrogen and oxygen atoms in total. The van der Waals surface area contributed by atoms with Crippen molar-refractivity contribution in [2.24, 2.45) is 0 Å². The maximum atomic E-state index is 13.1. The van der Waals surface area contributed by atoms with E-state index in [-0.39, 0.29) is 10.9 Å². The van der Waals surface area contributed by atoms with Crippen LogP contribution in [-0.2, 0) is 10.0 Å². The molecule has 1 aromatic rings. The third-order valence-corrected chi connectivity index (χ3v) is 5.68. The molecule has 2 atom stereocenters. The van der Waals surface area contributed by atoms with Crippen molar-refractivity contribution in [1.29, 1.82) is 0 Å². The minimum atomic E-state index is -3.63. The first-order chi connectivity index (χ1) is 8.82. The van der Waals surface area contributed by atoms with Crippen LogP contribution in [0.4, 0.5) is 4.39 Å². The first kappa shape index (κ1) is 14.4. The van der Waals surface area contributed by atoms with Gasteiger partial charge in [0.2, 0.25) is 10.0 Å². The SMILES string of the molecule is Cc1cc(F)ccc1S(=O)(=O)N1CC[C@@H](O)C[C@H]1C. The summed E-state index contributed by atoms with van der Waals surface area (Å²) in [5.41, 5.74) is 0.401. The minimum absolute atomic E-state index is 0.136. The molecule has 1 aliphatic heterocycles. The van der Waals surface area contributed by atoms with Gasteiger partial charge in [-0.1, -0.05) is 0 Å². The zero-order valence-corrected chi connectivity index (χ0v) is 11.8. The third kappa shape index (κ3) is 2.80. The van der Waals surface area contributed by atoms with Gasteiger partial charge < -0.3 is 5.11 Å². The summed E-state index contributed by atoms with van der Waals surface area (Å²) >= 11 is 0. The van der Waals surface area contributed by atoms with E-state index in [1.807, 2.05) is 0 Å². The van der Waals surface area contributed by atoms with E-state index in [0.717, 1.165) is 6.07 Å². The van der Waals surface area contributed by atoms with Crippen LogP contribution in [0.3, 0.4) is 0 Å². The second-order valence-corrected chi connectivity index (χ2v) is 6.91. The Balaban J connectivity index is 2.37. The van der Waals surface area contributed by atoms with Gasteiger partial charge in [0, 0.05) is 12.6 Å². The van der Waals surface area contributed by atoms with E-state index >= 15 is 0 Å². The number of aliphatic hydroxyl groups excluding tert-OH is 1. The van der Waals surface area contributed by atoms with Gasteiger partial charge in [0.05, 0.1) is 11.0 Å². The number of sulfonamides is 1. The molecule has 6 heteroatoms. The Morgan fingerprint density at radius 3 is 2.68 bits per heavy atom. The van der Waals surface area contributed by atoms with Crippen LogP contribution in [0.25, 0.3) is 0 Å². The number of rotatable bonds is 2. The van der Waals surface area contributed by atoms with Gasteiger partial charge in [-0.05, 0) is 50.5 Å². The third-order valence-electron chi connectivity index (χ3n) is 3.51. The molecular formula is C13H18FNO3S. The van der Waals surface area contributed by atoms with Gasteiger partial charge in [0.1, 0.15) is 5.82 Å². The second kappa shape index (κ2) is 5.19. The van der Waals surface area contributed by atoms with Gasteiger partial charge in [-0.3, -0.25) is 0 Å². The molecule has 0 unspecified atom stereocenters. The highest BCUT2D eigenvalue weighted by atomic mass is 32.2. The Morgan fingerprint density at radius 1 is 1.42 bits per heavy atom. The molecule has 0 saturated carbocycles. The van der Waals surface area contributed by atoms with Gasteiger partial charge in [-0.25, -0.2) is 12.8 Å². The number of aryl methyl sites for hydroxylation is 1. The van der Waals surface area contributed by atoms with Gasteiger partial charge in [0.15, 0.2) is 0 Å². The summed E-state index contributed by atoms with van der Waals surface area (Å²) in [6, 6.07) is 3.43. The largest absolute Gasteiger partial charge is 0.393 e. The van der Waals surface area contributed by atoms with Crippen LogP contribution in [0.15, 0.2) is 23.1 Å². The van der Waals surface area contributed by atoms with E-state index in [1.165, 1.54) is 16.4 Å². The molecule has 0 aromatic heterocycles. The lowest BCUT2D eigenvalue weighted by Gasteiger charge is -2.35. The van der Waals surface area contributed by atoms with Crippen LogP contribution >= 0.6 is 0 Å². The smallest absolute Gasteiger partial charge is 0.243 e. The van der Waals surface area contributed by atoms with Crippen LogP contribution in [0.5, 0.6) is 0 Å². The van der Waals surface area contributed by atoms with Crippen molar-refractivity contribution in [3.8, 4) is 0 Å². The van der Waals surface area contributed by atoms with Gasteiger partial charge in [-0.2, -0.15) is 4.31 Å². The van der Waals surface area contributed by atoms with Crippen molar-refractivity contribution in [2.45, 2.75) is 43.7 Å². The normalized spacial score (nSPS) is 25.5. The van der Waals surface area contributed by atoms with E-state index in [2.05, 4.69) is 0 Å². The van der Waals surface area contributed by atoms with Crippen LogP contribution in [0.1, 0.15) is 25.3 Å². The molecule has 1 aromatic carbocycles. The highest BCUT2D eigenvalue weighted by Crippen LogP contribution is 2.27. The number of halogens is 1.